The van der Waals surface area contributed by atoms with Crippen molar-refractivity contribution in [1.82, 2.24) is 24.9 Å². The first-order valence-corrected chi connectivity index (χ1v) is 9.87. The molecule has 0 aromatic carbocycles. The van der Waals surface area contributed by atoms with Gasteiger partial charge in [0.2, 0.25) is 5.91 Å². The van der Waals surface area contributed by atoms with Gasteiger partial charge >= 0.3 is 0 Å². The van der Waals surface area contributed by atoms with Crippen molar-refractivity contribution in [1.29, 1.82) is 0 Å². The Labute approximate surface area is 159 Å². The maximum atomic E-state index is 12.5. The number of aromatic nitrogens is 3. The zero-order valence-corrected chi connectivity index (χ0v) is 16.1. The van der Waals surface area contributed by atoms with E-state index in [2.05, 4.69) is 15.0 Å². The molecule has 2 fully saturated rings. The lowest BCUT2D eigenvalue weighted by atomic mass is 9.91. The van der Waals surface area contributed by atoms with Gasteiger partial charge in [-0.1, -0.05) is 5.16 Å². The molecule has 0 aliphatic carbocycles. The lowest BCUT2D eigenvalue weighted by Gasteiger charge is -2.33. The largest absolute Gasteiger partial charge is 0.356 e. The fourth-order valence-corrected chi connectivity index (χ4v) is 4.16. The molecule has 1 atom stereocenters. The third-order valence-corrected chi connectivity index (χ3v) is 5.54. The van der Waals surface area contributed by atoms with Crippen LogP contribution in [0.15, 0.2) is 16.8 Å². The zero-order chi connectivity index (χ0) is 18.8. The molecular formula is C20H27N5O2. The van der Waals surface area contributed by atoms with Gasteiger partial charge < -0.3 is 9.42 Å². The lowest BCUT2D eigenvalue weighted by molar-refractivity contribution is -0.131. The van der Waals surface area contributed by atoms with E-state index < -0.39 is 0 Å². The van der Waals surface area contributed by atoms with E-state index >= 15 is 0 Å². The second kappa shape index (κ2) is 7.76. The van der Waals surface area contributed by atoms with Crippen LogP contribution < -0.4 is 0 Å². The van der Waals surface area contributed by atoms with Crippen LogP contribution in [-0.2, 0) is 4.79 Å². The summed E-state index contributed by atoms with van der Waals surface area (Å²) in [5.41, 5.74) is 2.77. The molecule has 7 heteroatoms. The molecule has 0 N–H and O–H groups in total. The number of likely N-dealkylation sites (tertiary alicyclic amines) is 2. The molecule has 1 amide bonds. The van der Waals surface area contributed by atoms with E-state index in [0.29, 0.717) is 12.3 Å². The topological polar surface area (TPSA) is 75.4 Å². The molecule has 4 rings (SSSR count). The van der Waals surface area contributed by atoms with Crippen molar-refractivity contribution in [3.05, 3.63) is 29.5 Å². The average Bonchev–Trinajstić information content (AvgIpc) is 3.34. The summed E-state index contributed by atoms with van der Waals surface area (Å²) in [6.45, 7) is 7.97. The molecule has 2 aliphatic rings. The summed E-state index contributed by atoms with van der Waals surface area (Å²) in [4.78, 5) is 25.9. The summed E-state index contributed by atoms with van der Waals surface area (Å²) in [5, 5.41) is 4.01. The van der Waals surface area contributed by atoms with E-state index in [1.807, 2.05) is 31.0 Å². The van der Waals surface area contributed by atoms with Gasteiger partial charge in [0.25, 0.3) is 0 Å². The molecule has 0 saturated carbocycles. The number of nitrogens with zero attached hydrogens (tertiary/aromatic N) is 5. The van der Waals surface area contributed by atoms with Crippen LogP contribution in [0.2, 0.25) is 0 Å². The van der Waals surface area contributed by atoms with E-state index in [4.69, 9.17) is 9.51 Å². The van der Waals surface area contributed by atoms with Gasteiger partial charge in [-0.2, -0.15) is 0 Å². The highest BCUT2D eigenvalue weighted by Gasteiger charge is 2.29. The van der Waals surface area contributed by atoms with Gasteiger partial charge in [-0.05, 0) is 46.1 Å². The minimum absolute atomic E-state index is 0.262. The first-order chi connectivity index (χ1) is 13.1. The molecule has 0 bridgehead atoms. The van der Waals surface area contributed by atoms with Gasteiger partial charge in [0.05, 0.1) is 23.5 Å². The Morgan fingerprint density at radius 2 is 2.04 bits per heavy atom. The van der Waals surface area contributed by atoms with Crippen molar-refractivity contribution in [3.63, 3.8) is 0 Å². The molecule has 2 aromatic rings. The van der Waals surface area contributed by atoms with Crippen molar-refractivity contribution in [2.45, 2.75) is 45.4 Å². The summed E-state index contributed by atoms with van der Waals surface area (Å²) in [6.07, 6.45) is 6.23. The van der Waals surface area contributed by atoms with Gasteiger partial charge in [-0.15, -0.1) is 0 Å². The van der Waals surface area contributed by atoms with Gasteiger partial charge in [0.1, 0.15) is 5.82 Å². The Hall–Kier alpha value is -2.28. The predicted octanol–water partition coefficient (Wildman–Crippen LogP) is 2.55. The molecule has 2 aliphatic heterocycles. The van der Waals surface area contributed by atoms with Crippen LogP contribution in [0.25, 0.3) is 11.3 Å². The van der Waals surface area contributed by atoms with Crippen LogP contribution in [0.4, 0.5) is 0 Å². The molecule has 0 unspecified atom stereocenters. The number of hydrogen-bond acceptors (Lipinski definition) is 6. The first kappa shape index (κ1) is 18.1. The average molecular weight is 369 g/mol. The summed E-state index contributed by atoms with van der Waals surface area (Å²) < 4.78 is 5.48. The Kier molecular flexibility index (Phi) is 5.20. The molecule has 27 heavy (non-hydrogen) atoms. The number of piperidine rings is 1. The van der Waals surface area contributed by atoms with Crippen LogP contribution in [0.5, 0.6) is 0 Å². The van der Waals surface area contributed by atoms with Gasteiger partial charge in [-0.25, -0.2) is 9.97 Å². The van der Waals surface area contributed by atoms with Gasteiger partial charge in [0, 0.05) is 37.8 Å². The standard InChI is InChI=1S/C20H27N5O2/c1-14-10-18(27-23-14)17-11-21-15(2)22-20(17)16-6-5-7-24(12-16)13-19(26)25-8-3-4-9-25/h10-11,16H,3-9,12-13H2,1-2H3/t16-/m0/s1. The summed E-state index contributed by atoms with van der Waals surface area (Å²) >= 11 is 0. The van der Waals surface area contributed by atoms with Crippen LogP contribution in [-0.4, -0.2) is 63.6 Å². The molecule has 4 heterocycles. The fourth-order valence-electron chi connectivity index (χ4n) is 4.16. The first-order valence-electron chi connectivity index (χ1n) is 9.87. The maximum absolute atomic E-state index is 12.5. The smallest absolute Gasteiger partial charge is 0.236 e. The fraction of sp³-hybridized carbons (Fsp3) is 0.600. The highest BCUT2D eigenvalue weighted by Crippen LogP contribution is 2.33. The molecular weight excluding hydrogens is 342 g/mol. The Balaban J connectivity index is 1.52. The van der Waals surface area contributed by atoms with Crippen molar-refractivity contribution in [3.8, 4) is 11.3 Å². The van der Waals surface area contributed by atoms with E-state index in [-0.39, 0.29) is 11.8 Å². The number of carbonyl (C=O) groups excluding carboxylic acids is 1. The lowest BCUT2D eigenvalue weighted by Crippen LogP contribution is -2.43. The molecule has 2 aromatic heterocycles. The normalized spacial score (nSPS) is 21.0. The minimum atomic E-state index is 0.262. The van der Waals surface area contributed by atoms with Crippen molar-refractivity contribution in [2.24, 2.45) is 0 Å². The number of carbonyl (C=O) groups is 1. The predicted molar refractivity (Wildman–Crippen MR) is 101 cm³/mol. The van der Waals surface area contributed by atoms with Crippen LogP contribution in [0, 0.1) is 13.8 Å². The highest BCUT2D eigenvalue weighted by molar-refractivity contribution is 5.78. The van der Waals surface area contributed by atoms with Crippen molar-refractivity contribution in [2.75, 3.05) is 32.7 Å². The van der Waals surface area contributed by atoms with Crippen LogP contribution in [0.3, 0.4) is 0 Å². The van der Waals surface area contributed by atoms with E-state index in [1.165, 1.54) is 0 Å². The third-order valence-electron chi connectivity index (χ3n) is 5.54. The zero-order valence-electron chi connectivity index (χ0n) is 16.1. The van der Waals surface area contributed by atoms with Crippen molar-refractivity contribution < 1.29 is 9.32 Å². The second-order valence-corrected chi connectivity index (χ2v) is 7.71. The van der Waals surface area contributed by atoms with E-state index in [1.54, 1.807) is 0 Å². The molecule has 0 radical (unpaired) electrons. The van der Waals surface area contributed by atoms with E-state index in [9.17, 15) is 4.79 Å². The highest BCUT2D eigenvalue weighted by atomic mass is 16.5. The van der Waals surface area contributed by atoms with Crippen LogP contribution >= 0.6 is 0 Å². The number of aryl methyl sites for hydroxylation is 2. The second-order valence-electron chi connectivity index (χ2n) is 7.71. The van der Waals surface area contributed by atoms with E-state index in [0.717, 1.165) is 74.6 Å². The third kappa shape index (κ3) is 4.03. The molecule has 0 spiro atoms. The number of hydrogen-bond donors (Lipinski definition) is 0. The Morgan fingerprint density at radius 3 is 2.78 bits per heavy atom. The Morgan fingerprint density at radius 1 is 1.22 bits per heavy atom. The number of amides is 1. The summed E-state index contributed by atoms with van der Waals surface area (Å²) in [6, 6.07) is 1.93. The Bertz CT molecular complexity index is 812. The molecule has 2 saturated heterocycles. The van der Waals surface area contributed by atoms with Crippen molar-refractivity contribution >= 4 is 5.91 Å². The minimum Gasteiger partial charge on any atom is -0.356 e. The van der Waals surface area contributed by atoms with Gasteiger partial charge in [0.15, 0.2) is 5.76 Å². The van der Waals surface area contributed by atoms with Crippen LogP contribution in [0.1, 0.15) is 48.8 Å². The quantitative estimate of drug-likeness (QED) is 0.824. The molecule has 144 valence electrons. The summed E-state index contributed by atoms with van der Waals surface area (Å²) in [5.74, 6) is 2.01. The maximum Gasteiger partial charge on any atom is 0.236 e. The molecule has 7 nitrogen and oxygen atoms in total. The van der Waals surface area contributed by atoms with Gasteiger partial charge in [-0.3, -0.25) is 9.69 Å². The SMILES string of the molecule is Cc1cc(-c2cnc(C)nc2[C@H]2CCCN(CC(=O)N3CCCC3)C2)on1. The summed E-state index contributed by atoms with van der Waals surface area (Å²) in [7, 11) is 0. The monoisotopic (exact) mass is 369 g/mol. The number of rotatable bonds is 4.